The summed E-state index contributed by atoms with van der Waals surface area (Å²) < 4.78 is 31.6. The van der Waals surface area contributed by atoms with Crippen LogP contribution in [0.1, 0.15) is 12.0 Å². The van der Waals surface area contributed by atoms with Crippen LogP contribution >= 0.6 is 12.2 Å². The first-order valence-corrected chi connectivity index (χ1v) is 8.19. The van der Waals surface area contributed by atoms with Crippen molar-refractivity contribution in [3.63, 3.8) is 0 Å². The van der Waals surface area contributed by atoms with Gasteiger partial charge in [0.05, 0.1) is 11.5 Å². The molecule has 5 nitrogen and oxygen atoms in total. The zero-order valence-corrected chi connectivity index (χ0v) is 12.9. The van der Waals surface area contributed by atoms with Crippen molar-refractivity contribution in [1.29, 1.82) is 0 Å². The van der Waals surface area contributed by atoms with Gasteiger partial charge in [0.15, 0.2) is 0 Å². The molecule has 1 fully saturated rings. The second-order valence-corrected chi connectivity index (χ2v) is 7.24. The van der Waals surface area contributed by atoms with E-state index >= 15 is 0 Å². The van der Waals surface area contributed by atoms with Gasteiger partial charge in [-0.25, -0.2) is 8.42 Å². The second-order valence-electron chi connectivity index (χ2n) is 4.86. The van der Waals surface area contributed by atoms with E-state index in [0.717, 1.165) is 6.42 Å². The van der Waals surface area contributed by atoms with Gasteiger partial charge < -0.3 is 10.5 Å². The Kier molecular flexibility index (Phi) is 4.74. The third kappa shape index (κ3) is 3.17. The highest BCUT2D eigenvalue weighted by atomic mass is 32.2. The molecule has 2 N–H and O–H groups in total. The van der Waals surface area contributed by atoms with E-state index in [0.29, 0.717) is 25.3 Å². The van der Waals surface area contributed by atoms with Gasteiger partial charge in [0.25, 0.3) is 0 Å². The Labute approximate surface area is 124 Å². The summed E-state index contributed by atoms with van der Waals surface area (Å²) in [5.74, 6) is 0.269. The fourth-order valence-electron chi connectivity index (χ4n) is 2.33. The molecule has 0 aromatic heterocycles. The first-order chi connectivity index (χ1) is 9.45. The van der Waals surface area contributed by atoms with Crippen LogP contribution in [0.3, 0.4) is 0 Å². The van der Waals surface area contributed by atoms with Gasteiger partial charge >= 0.3 is 0 Å². The Morgan fingerprint density at radius 1 is 1.45 bits per heavy atom. The maximum atomic E-state index is 12.5. The van der Waals surface area contributed by atoms with Gasteiger partial charge in [0.1, 0.15) is 4.99 Å². The average Bonchev–Trinajstić information content (AvgIpc) is 2.88. The molecule has 1 aromatic carbocycles. The lowest BCUT2D eigenvalue weighted by molar-refractivity contribution is 0.157. The van der Waals surface area contributed by atoms with E-state index in [1.807, 2.05) is 0 Å². The lowest BCUT2D eigenvalue weighted by Gasteiger charge is -2.16. The number of nitrogens with zero attached hydrogens (tertiary/aromatic N) is 1. The average molecular weight is 314 g/mol. The third-order valence-corrected chi connectivity index (χ3v) is 5.54. The number of hydrogen-bond acceptors (Lipinski definition) is 4. The minimum Gasteiger partial charge on any atom is -0.389 e. The van der Waals surface area contributed by atoms with Crippen LogP contribution in [0.25, 0.3) is 0 Å². The lowest BCUT2D eigenvalue weighted by atomic mass is 10.1. The molecule has 0 spiro atoms. The second kappa shape index (κ2) is 6.17. The Morgan fingerprint density at radius 3 is 2.65 bits per heavy atom. The van der Waals surface area contributed by atoms with Crippen molar-refractivity contribution >= 4 is 27.2 Å². The van der Waals surface area contributed by atoms with E-state index in [1.165, 1.54) is 4.31 Å². The Bertz CT molecular complexity index is 584. The van der Waals surface area contributed by atoms with Gasteiger partial charge in [-0.3, -0.25) is 0 Å². The fourth-order valence-corrected chi connectivity index (χ4v) is 3.99. The van der Waals surface area contributed by atoms with E-state index < -0.39 is 10.0 Å². The van der Waals surface area contributed by atoms with Crippen molar-refractivity contribution in [3.8, 4) is 0 Å². The van der Waals surface area contributed by atoms with Crippen LogP contribution in [0, 0.1) is 5.92 Å². The molecule has 0 amide bonds. The molecule has 1 aliphatic rings. The molecule has 0 aliphatic carbocycles. The molecule has 0 saturated carbocycles. The van der Waals surface area contributed by atoms with E-state index in [1.54, 1.807) is 31.4 Å². The van der Waals surface area contributed by atoms with E-state index in [4.69, 9.17) is 22.7 Å². The van der Waals surface area contributed by atoms with E-state index in [2.05, 4.69) is 0 Å². The third-order valence-electron chi connectivity index (χ3n) is 3.43. The molecule has 20 heavy (non-hydrogen) atoms. The minimum absolute atomic E-state index is 0.260. The smallest absolute Gasteiger partial charge is 0.243 e. The molecule has 1 heterocycles. The van der Waals surface area contributed by atoms with Crippen LogP contribution in [0.15, 0.2) is 29.2 Å². The molecular weight excluding hydrogens is 296 g/mol. The number of rotatable bonds is 5. The summed E-state index contributed by atoms with van der Waals surface area (Å²) in [5.41, 5.74) is 6.17. The minimum atomic E-state index is -3.44. The fraction of sp³-hybridized carbons (Fsp3) is 0.462. The molecule has 1 saturated heterocycles. The molecule has 110 valence electrons. The molecule has 1 aromatic rings. The quantitative estimate of drug-likeness (QED) is 0.820. The number of methoxy groups -OCH3 is 1. The number of nitrogens with two attached hydrogens (primary N) is 1. The van der Waals surface area contributed by atoms with Crippen molar-refractivity contribution in [2.45, 2.75) is 11.3 Å². The lowest BCUT2D eigenvalue weighted by Crippen LogP contribution is -2.29. The number of hydrogen-bond donors (Lipinski definition) is 1. The van der Waals surface area contributed by atoms with Crippen LogP contribution in [0.5, 0.6) is 0 Å². The highest BCUT2D eigenvalue weighted by Crippen LogP contribution is 2.24. The summed E-state index contributed by atoms with van der Waals surface area (Å²) in [4.78, 5) is 0.533. The normalized spacial score (nSPS) is 20.1. The summed E-state index contributed by atoms with van der Waals surface area (Å²) in [6.45, 7) is 1.63. The molecule has 2 rings (SSSR count). The largest absolute Gasteiger partial charge is 0.389 e. The van der Waals surface area contributed by atoms with Gasteiger partial charge in [-0.2, -0.15) is 4.31 Å². The summed E-state index contributed by atoms with van der Waals surface area (Å²) >= 11 is 4.85. The molecule has 1 aliphatic heterocycles. The Morgan fingerprint density at radius 2 is 2.10 bits per heavy atom. The maximum Gasteiger partial charge on any atom is 0.243 e. The Balaban J connectivity index is 2.16. The first-order valence-electron chi connectivity index (χ1n) is 6.34. The van der Waals surface area contributed by atoms with E-state index in [-0.39, 0.29) is 15.8 Å². The molecular formula is C13H18N2O3S2. The van der Waals surface area contributed by atoms with Crippen molar-refractivity contribution in [2.75, 3.05) is 26.8 Å². The number of thiocarbonyl (C=S) groups is 1. The number of sulfonamides is 1. The summed E-state index contributed by atoms with van der Waals surface area (Å²) in [6.07, 6.45) is 0.831. The van der Waals surface area contributed by atoms with Crippen LogP contribution in [0.4, 0.5) is 0 Å². The predicted molar refractivity (Wildman–Crippen MR) is 81.1 cm³/mol. The van der Waals surface area contributed by atoms with E-state index in [9.17, 15) is 8.42 Å². The van der Waals surface area contributed by atoms with Gasteiger partial charge in [0.2, 0.25) is 10.0 Å². The molecule has 0 radical (unpaired) electrons. The van der Waals surface area contributed by atoms with Crippen LogP contribution in [-0.2, 0) is 14.8 Å². The first kappa shape index (κ1) is 15.4. The monoisotopic (exact) mass is 314 g/mol. The topological polar surface area (TPSA) is 72.6 Å². The van der Waals surface area contributed by atoms with Crippen LogP contribution < -0.4 is 5.73 Å². The SMILES string of the molecule is COCC1CCN(S(=O)(=O)c2ccc(C(N)=S)cc2)C1. The van der Waals surface area contributed by atoms with Gasteiger partial charge in [-0.05, 0) is 24.5 Å². The van der Waals surface area contributed by atoms with Crippen LogP contribution in [-0.4, -0.2) is 44.5 Å². The van der Waals surface area contributed by atoms with Crippen LogP contribution in [0.2, 0.25) is 0 Å². The standard InChI is InChI=1S/C13H18N2O3S2/c1-18-9-10-6-7-15(8-10)20(16,17)12-4-2-11(3-5-12)13(14)19/h2-5,10H,6-9H2,1H3,(H2,14,19). The highest BCUT2D eigenvalue weighted by Gasteiger charge is 2.32. The summed E-state index contributed by atoms with van der Waals surface area (Å²) in [6, 6.07) is 6.37. The predicted octanol–water partition coefficient (Wildman–Crippen LogP) is 0.978. The number of ether oxygens (including phenoxy) is 1. The highest BCUT2D eigenvalue weighted by molar-refractivity contribution is 7.89. The zero-order valence-electron chi connectivity index (χ0n) is 11.3. The van der Waals surface area contributed by atoms with Crippen molar-refractivity contribution in [1.82, 2.24) is 4.31 Å². The van der Waals surface area contributed by atoms with Crippen molar-refractivity contribution in [3.05, 3.63) is 29.8 Å². The molecule has 0 bridgehead atoms. The summed E-state index contributed by atoms with van der Waals surface area (Å²) in [7, 11) is -1.81. The maximum absolute atomic E-state index is 12.5. The summed E-state index contributed by atoms with van der Waals surface area (Å²) in [5, 5.41) is 0. The van der Waals surface area contributed by atoms with Crippen molar-refractivity contribution in [2.24, 2.45) is 11.7 Å². The molecule has 1 unspecified atom stereocenters. The van der Waals surface area contributed by atoms with Crippen molar-refractivity contribution < 1.29 is 13.2 Å². The van der Waals surface area contributed by atoms with Gasteiger partial charge in [-0.1, -0.05) is 24.4 Å². The Hall–Kier alpha value is -1.02. The molecule has 7 heteroatoms. The number of benzene rings is 1. The molecule has 1 atom stereocenters. The van der Waals surface area contributed by atoms with Gasteiger partial charge in [-0.15, -0.1) is 0 Å². The zero-order chi connectivity index (χ0) is 14.8. The van der Waals surface area contributed by atoms with Gasteiger partial charge in [0, 0.05) is 25.8 Å².